The van der Waals surface area contributed by atoms with Gasteiger partial charge in [0.25, 0.3) is 0 Å². The third-order valence-corrected chi connectivity index (χ3v) is 7.51. The summed E-state index contributed by atoms with van der Waals surface area (Å²) in [6.07, 6.45) is 0. The molecular formula is C17H22NO5PS. The lowest BCUT2D eigenvalue weighted by Gasteiger charge is -2.25. The minimum atomic E-state index is -3.92. The minimum absolute atomic E-state index is 0.0777. The summed E-state index contributed by atoms with van der Waals surface area (Å²) in [5, 5.41) is 0. The Morgan fingerprint density at radius 3 is 1.76 bits per heavy atom. The number of rotatable bonds is 7. The van der Waals surface area contributed by atoms with Gasteiger partial charge in [-0.15, -0.1) is 0 Å². The molecule has 0 aliphatic carbocycles. The lowest BCUT2D eigenvalue weighted by molar-refractivity contribution is 0.263. The number of hydrogen-bond acceptors (Lipinski definition) is 5. The summed E-state index contributed by atoms with van der Waals surface area (Å²) in [7, 11) is -5.21. The van der Waals surface area contributed by atoms with Crippen molar-refractivity contribution in [1.29, 1.82) is 0 Å². The van der Waals surface area contributed by atoms with Gasteiger partial charge in [-0.25, -0.2) is 8.42 Å². The summed E-state index contributed by atoms with van der Waals surface area (Å²) < 4.78 is 50.9. The molecule has 0 amide bonds. The average molecular weight is 383 g/mol. The Morgan fingerprint density at radius 1 is 0.880 bits per heavy atom. The Labute approximate surface area is 148 Å². The van der Waals surface area contributed by atoms with Gasteiger partial charge in [0, 0.05) is 14.2 Å². The zero-order valence-electron chi connectivity index (χ0n) is 14.6. The predicted octanol–water partition coefficient (Wildman–Crippen LogP) is 3.77. The van der Waals surface area contributed by atoms with E-state index in [1.165, 1.54) is 26.4 Å². The molecule has 1 atom stereocenters. The molecule has 0 aliphatic heterocycles. The van der Waals surface area contributed by atoms with Crippen molar-refractivity contribution >= 4 is 17.6 Å². The molecule has 2 rings (SSSR count). The monoisotopic (exact) mass is 383 g/mol. The molecule has 0 aliphatic rings. The highest BCUT2D eigenvalue weighted by Gasteiger charge is 2.38. The summed E-state index contributed by atoms with van der Waals surface area (Å²) in [5.74, 6) is -1.16. The molecule has 2 aromatic rings. The molecule has 0 aromatic heterocycles. The first-order valence-electron chi connectivity index (χ1n) is 7.58. The largest absolute Gasteiger partial charge is 0.352 e. The summed E-state index contributed by atoms with van der Waals surface area (Å²) in [5.41, 5.74) is 2.43. The molecule has 0 spiro atoms. The molecule has 136 valence electrons. The molecule has 0 heterocycles. The Morgan fingerprint density at radius 2 is 1.32 bits per heavy atom. The van der Waals surface area contributed by atoms with Gasteiger partial charge in [-0.2, -0.15) is 4.72 Å². The van der Waals surface area contributed by atoms with E-state index < -0.39 is 23.4 Å². The van der Waals surface area contributed by atoms with Crippen LogP contribution in [-0.4, -0.2) is 22.6 Å². The smallest absolute Gasteiger partial charge is 0.311 e. The van der Waals surface area contributed by atoms with Crippen LogP contribution in [0, 0.1) is 13.8 Å². The fourth-order valence-corrected chi connectivity index (χ4v) is 5.38. The highest BCUT2D eigenvalue weighted by molar-refractivity contribution is 7.89. The van der Waals surface area contributed by atoms with Gasteiger partial charge in [0.05, 0.1) is 4.90 Å². The zero-order valence-corrected chi connectivity index (χ0v) is 16.3. The Balaban J connectivity index is 2.47. The van der Waals surface area contributed by atoms with E-state index in [0.29, 0.717) is 5.56 Å². The van der Waals surface area contributed by atoms with E-state index in [2.05, 4.69) is 4.72 Å². The molecule has 0 saturated heterocycles. The van der Waals surface area contributed by atoms with Gasteiger partial charge in [0.1, 0.15) is 5.78 Å². The van der Waals surface area contributed by atoms with Crippen molar-refractivity contribution in [2.75, 3.05) is 14.2 Å². The van der Waals surface area contributed by atoms with E-state index in [1.807, 2.05) is 13.8 Å². The van der Waals surface area contributed by atoms with Gasteiger partial charge in [-0.3, -0.25) is 4.57 Å². The molecule has 0 fully saturated rings. The van der Waals surface area contributed by atoms with Crippen molar-refractivity contribution in [3.05, 3.63) is 65.2 Å². The number of sulfonamides is 1. The fraction of sp³-hybridized carbons (Fsp3) is 0.294. The second kappa shape index (κ2) is 7.81. The molecular weight excluding hydrogens is 361 g/mol. The van der Waals surface area contributed by atoms with Crippen LogP contribution in [0.3, 0.4) is 0 Å². The highest BCUT2D eigenvalue weighted by atomic mass is 32.2. The second-order valence-electron chi connectivity index (χ2n) is 5.65. The Hall–Kier alpha value is -1.50. The minimum Gasteiger partial charge on any atom is -0.311 e. The fourth-order valence-electron chi connectivity index (χ4n) is 2.28. The Bertz CT molecular complexity index is 855. The second-order valence-corrected chi connectivity index (χ2v) is 9.69. The SMILES string of the molecule is COP(=O)(OC)C(NS(=O)(=O)c1ccc(C)cc1)c1ccc(C)cc1. The van der Waals surface area contributed by atoms with E-state index in [4.69, 9.17) is 9.05 Å². The van der Waals surface area contributed by atoms with Crippen LogP contribution in [0.25, 0.3) is 0 Å². The lowest BCUT2D eigenvalue weighted by atomic mass is 10.1. The maximum absolute atomic E-state index is 12.9. The van der Waals surface area contributed by atoms with Crippen LogP contribution in [0.4, 0.5) is 0 Å². The van der Waals surface area contributed by atoms with E-state index in [9.17, 15) is 13.0 Å². The first kappa shape index (κ1) is 19.8. The molecule has 0 saturated carbocycles. The maximum Gasteiger partial charge on any atom is 0.352 e. The normalized spacial score (nSPS) is 13.6. The molecule has 0 bridgehead atoms. The number of hydrogen-bond donors (Lipinski definition) is 1. The molecule has 1 N–H and O–H groups in total. The van der Waals surface area contributed by atoms with Crippen LogP contribution in [0.5, 0.6) is 0 Å². The summed E-state index contributed by atoms with van der Waals surface area (Å²) in [4.78, 5) is 0.0777. The third kappa shape index (κ3) is 4.57. The zero-order chi connectivity index (χ0) is 18.7. The first-order chi connectivity index (χ1) is 11.7. The third-order valence-electron chi connectivity index (χ3n) is 3.82. The van der Waals surface area contributed by atoms with Crippen molar-refractivity contribution in [3.8, 4) is 0 Å². The van der Waals surface area contributed by atoms with Crippen LogP contribution >= 0.6 is 7.60 Å². The van der Waals surface area contributed by atoms with Crippen LogP contribution in [0.2, 0.25) is 0 Å². The molecule has 1 unspecified atom stereocenters. The lowest BCUT2D eigenvalue weighted by Crippen LogP contribution is -2.29. The molecule has 6 nitrogen and oxygen atoms in total. The van der Waals surface area contributed by atoms with Crippen molar-refractivity contribution in [2.45, 2.75) is 24.5 Å². The van der Waals surface area contributed by atoms with Gasteiger partial charge in [-0.1, -0.05) is 47.5 Å². The van der Waals surface area contributed by atoms with Gasteiger partial charge in [-0.05, 0) is 31.5 Å². The molecule has 0 radical (unpaired) electrons. The van der Waals surface area contributed by atoms with Crippen LogP contribution in [0.15, 0.2) is 53.4 Å². The summed E-state index contributed by atoms with van der Waals surface area (Å²) >= 11 is 0. The van der Waals surface area contributed by atoms with Crippen molar-refractivity contribution < 1.29 is 22.0 Å². The quantitative estimate of drug-likeness (QED) is 0.736. The first-order valence-corrected chi connectivity index (χ1v) is 10.7. The van der Waals surface area contributed by atoms with E-state index >= 15 is 0 Å². The highest BCUT2D eigenvalue weighted by Crippen LogP contribution is 2.58. The van der Waals surface area contributed by atoms with Crippen LogP contribution < -0.4 is 4.72 Å². The molecule has 8 heteroatoms. The number of nitrogens with one attached hydrogen (secondary N) is 1. The average Bonchev–Trinajstić information content (AvgIpc) is 2.60. The van der Waals surface area contributed by atoms with Crippen molar-refractivity contribution in [1.82, 2.24) is 4.72 Å². The van der Waals surface area contributed by atoms with E-state index in [-0.39, 0.29) is 4.90 Å². The molecule has 25 heavy (non-hydrogen) atoms. The summed E-state index contributed by atoms with van der Waals surface area (Å²) in [6.45, 7) is 3.77. The van der Waals surface area contributed by atoms with Crippen LogP contribution in [0.1, 0.15) is 22.5 Å². The van der Waals surface area contributed by atoms with E-state index in [1.54, 1.807) is 36.4 Å². The van der Waals surface area contributed by atoms with Crippen molar-refractivity contribution in [3.63, 3.8) is 0 Å². The Kier molecular flexibility index (Phi) is 6.19. The number of benzene rings is 2. The van der Waals surface area contributed by atoms with Gasteiger partial charge >= 0.3 is 7.60 Å². The van der Waals surface area contributed by atoms with E-state index in [0.717, 1.165) is 11.1 Å². The predicted molar refractivity (Wildman–Crippen MR) is 97.0 cm³/mol. The maximum atomic E-state index is 12.9. The van der Waals surface area contributed by atoms with Gasteiger partial charge in [0.15, 0.2) is 0 Å². The van der Waals surface area contributed by atoms with Crippen molar-refractivity contribution in [2.24, 2.45) is 0 Å². The summed E-state index contributed by atoms with van der Waals surface area (Å²) in [6, 6.07) is 13.4. The molecule has 2 aromatic carbocycles. The van der Waals surface area contributed by atoms with Gasteiger partial charge in [0.2, 0.25) is 10.0 Å². The number of aryl methyl sites for hydroxylation is 2. The topological polar surface area (TPSA) is 81.7 Å². The van der Waals surface area contributed by atoms with Crippen LogP contribution in [-0.2, 0) is 23.6 Å². The standard InChI is InChI=1S/C17H22NO5PS/c1-13-5-9-15(10-6-13)17(24(19,22-3)23-4)18-25(20,21)16-11-7-14(2)8-12-16/h5-12,17-18H,1-4H3. The van der Waals surface area contributed by atoms with Gasteiger partial charge < -0.3 is 9.05 Å².